The van der Waals surface area contributed by atoms with Crippen molar-refractivity contribution in [3.8, 4) is 0 Å². The third-order valence-corrected chi connectivity index (χ3v) is 3.46. The van der Waals surface area contributed by atoms with Crippen LogP contribution in [-0.4, -0.2) is 53.6 Å². The molecule has 0 bridgehead atoms. The van der Waals surface area contributed by atoms with Crippen LogP contribution in [0, 0.1) is 0 Å². The Balaban J connectivity index is 2.06. The van der Waals surface area contributed by atoms with Crippen molar-refractivity contribution in [2.75, 3.05) is 26.7 Å². The molecule has 18 heavy (non-hydrogen) atoms. The number of hydrogen-bond donors (Lipinski definition) is 1. The molecular weight excluding hydrogens is 228 g/mol. The fourth-order valence-corrected chi connectivity index (χ4v) is 2.43. The minimum atomic E-state index is -0.0812. The van der Waals surface area contributed by atoms with E-state index < -0.39 is 0 Å². The standard InChI is InChI=1S/C14H20N2O2/c1-15-8-7-13(14(15)18)16(9-10-17)11-12-5-3-2-4-6-12/h2-6,13,17H,7-11H2,1H3. The molecule has 1 aliphatic heterocycles. The first kappa shape index (κ1) is 13.1. The Morgan fingerprint density at radius 1 is 1.39 bits per heavy atom. The number of aliphatic hydroxyl groups is 1. The van der Waals surface area contributed by atoms with Gasteiger partial charge in [-0.25, -0.2) is 0 Å². The van der Waals surface area contributed by atoms with E-state index in [-0.39, 0.29) is 18.6 Å². The van der Waals surface area contributed by atoms with E-state index in [1.807, 2.05) is 37.4 Å². The van der Waals surface area contributed by atoms with Crippen LogP contribution >= 0.6 is 0 Å². The van der Waals surface area contributed by atoms with Gasteiger partial charge in [0.05, 0.1) is 12.6 Å². The summed E-state index contributed by atoms with van der Waals surface area (Å²) in [5, 5.41) is 9.16. The maximum atomic E-state index is 12.0. The summed E-state index contributed by atoms with van der Waals surface area (Å²) in [5.74, 6) is 0.166. The number of carbonyl (C=O) groups is 1. The molecule has 1 aromatic carbocycles. The van der Waals surface area contributed by atoms with Gasteiger partial charge in [0, 0.05) is 26.7 Å². The average Bonchev–Trinajstić information content (AvgIpc) is 2.71. The molecule has 4 nitrogen and oxygen atoms in total. The fourth-order valence-electron chi connectivity index (χ4n) is 2.43. The molecule has 1 heterocycles. The van der Waals surface area contributed by atoms with E-state index in [1.165, 1.54) is 5.56 Å². The third kappa shape index (κ3) is 2.89. The van der Waals surface area contributed by atoms with Crippen LogP contribution in [0.25, 0.3) is 0 Å². The van der Waals surface area contributed by atoms with Gasteiger partial charge in [0.1, 0.15) is 0 Å². The Morgan fingerprint density at radius 2 is 2.11 bits per heavy atom. The SMILES string of the molecule is CN1CCC(N(CCO)Cc2ccccc2)C1=O. The molecule has 0 saturated carbocycles. The van der Waals surface area contributed by atoms with Crippen molar-refractivity contribution in [1.29, 1.82) is 0 Å². The summed E-state index contributed by atoms with van der Waals surface area (Å²) >= 11 is 0. The molecule has 0 aliphatic carbocycles. The molecule has 1 atom stereocenters. The van der Waals surface area contributed by atoms with Crippen LogP contribution < -0.4 is 0 Å². The van der Waals surface area contributed by atoms with Crippen molar-refractivity contribution in [3.05, 3.63) is 35.9 Å². The summed E-state index contributed by atoms with van der Waals surface area (Å²) in [6.07, 6.45) is 0.849. The zero-order valence-corrected chi connectivity index (χ0v) is 10.7. The molecule has 0 radical (unpaired) electrons. The van der Waals surface area contributed by atoms with Gasteiger partial charge in [0.15, 0.2) is 0 Å². The first-order chi connectivity index (χ1) is 8.72. The quantitative estimate of drug-likeness (QED) is 0.834. The van der Waals surface area contributed by atoms with Gasteiger partial charge in [-0.1, -0.05) is 30.3 Å². The van der Waals surface area contributed by atoms with Gasteiger partial charge in [0.2, 0.25) is 5.91 Å². The Hall–Kier alpha value is -1.39. The lowest BCUT2D eigenvalue weighted by atomic mass is 10.1. The summed E-state index contributed by atoms with van der Waals surface area (Å²) < 4.78 is 0. The lowest BCUT2D eigenvalue weighted by molar-refractivity contribution is -0.131. The summed E-state index contributed by atoms with van der Waals surface area (Å²) in [5.41, 5.74) is 1.17. The topological polar surface area (TPSA) is 43.8 Å². The fraction of sp³-hybridized carbons (Fsp3) is 0.500. The molecule has 1 amide bonds. The number of rotatable bonds is 5. The lowest BCUT2D eigenvalue weighted by Crippen LogP contribution is -2.42. The second-order valence-electron chi connectivity index (χ2n) is 4.74. The average molecular weight is 248 g/mol. The molecule has 1 aromatic rings. The monoisotopic (exact) mass is 248 g/mol. The summed E-state index contributed by atoms with van der Waals surface area (Å²) in [7, 11) is 1.84. The first-order valence-electron chi connectivity index (χ1n) is 6.36. The molecular formula is C14H20N2O2. The molecule has 4 heteroatoms. The summed E-state index contributed by atoms with van der Waals surface area (Å²) in [4.78, 5) is 15.8. The van der Waals surface area contributed by atoms with Crippen LogP contribution in [0.15, 0.2) is 30.3 Å². The third-order valence-electron chi connectivity index (χ3n) is 3.46. The van der Waals surface area contributed by atoms with Crippen molar-refractivity contribution < 1.29 is 9.90 Å². The zero-order chi connectivity index (χ0) is 13.0. The zero-order valence-electron chi connectivity index (χ0n) is 10.7. The van der Waals surface area contributed by atoms with Crippen LogP contribution in [0.4, 0.5) is 0 Å². The van der Waals surface area contributed by atoms with Crippen molar-refractivity contribution >= 4 is 5.91 Å². The van der Waals surface area contributed by atoms with Crippen molar-refractivity contribution in [3.63, 3.8) is 0 Å². The van der Waals surface area contributed by atoms with Crippen LogP contribution in [-0.2, 0) is 11.3 Å². The van der Waals surface area contributed by atoms with E-state index in [0.717, 1.165) is 13.0 Å². The highest BCUT2D eigenvalue weighted by Crippen LogP contribution is 2.18. The molecule has 1 unspecified atom stereocenters. The van der Waals surface area contributed by atoms with Crippen molar-refractivity contribution in [2.45, 2.75) is 19.0 Å². The maximum Gasteiger partial charge on any atom is 0.239 e. The molecule has 1 saturated heterocycles. The molecule has 1 aliphatic rings. The van der Waals surface area contributed by atoms with E-state index in [4.69, 9.17) is 5.11 Å². The maximum absolute atomic E-state index is 12.0. The van der Waals surface area contributed by atoms with Gasteiger partial charge in [-0.2, -0.15) is 0 Å². The number of benzene rings is 1. The van der Waals surface area contributed by atoms with E-state index >= 15 is 0 Å². The highest BCUT2D eigenvalue weighted by atomic mass is 16.3. The Morgan fingerprint density at radius 3 is 2.67 bits per heavy atom. The lowest BCUT2D eigenvalue weighted by Gasteiger charge is -2.26. The van der Waals surface area contributed by atoms with Crippen molar-refractivity contribution in [1.82, 2.24) is 9.80 Å². The normalized spacial score (nSPS) is 19.8. The molecule has 0 spiro atoms. The van der Waals surface area contributed by atoms with Crippen LogP contribution in [0.5, 0.6) is 0 Å². The number of hydrogen-bond acceptors (Lipinski definition) is 3. The number of likely N-dealkylation sites (N-methyl/N-ethyl adjacent to an activating group) is 1. The minimum absolute atomic E-state index is 0.0812. The highest BCUT2D eigenvalue weighted by Gasteiger charge is 2.33. The summed E-state index contributed by atoms with van der Waals surface area (Å²) in [6.45, 7) is 2.14. The van der Waals surface area contributed by atoms with Gasteiger partial charge < -0.3 is 10.0 Å². The van der Waals surface area contributed by atoms with Gasteiger partial charge in [-0.05, 0) is 12.0 Å². The predicted octanol–water partition coefficient (Wildman–Crippen LogP) is 0.712. The van der Waals surface area contributed by atoms with Crippen LogP contribution in [0.2, 0.25) is 0 Å². The Bertz CT molecular complexity index is 394. The second-order valence-corrected chi connectivity index (χ2v) is 4.74. The number of likely N-dealkylation sites (tertiary alicyclic amines) is 1. The van der Waals surface area contributed by atoms with E-state index in [9.17, 15) is 4.79 Å². The van der Waals surface area contributed by atoms with Gasteiger partial charge in [-0.3, -0.25) is 9.69 Å². The van der Waals surface area contributed by atoms with E-state index in [2.05, 4.69) is 4.90 Å². The van der Waals surface area contributed by atoms with Gasteiger partial charge in [0.25, 0.3) is 0 Å². The summed E-state index contributed by atoms with van der Waals surface area (Å²) in [6, 6.07) is 9.99. The molecule has 2 rings (SSSR count). The number of aliphatic hydroxyl groups excluding tert-OH is 1. The number of amides is 1. The van der Waals surface area contributed by atoms with E-state index in [0.29, 0.717) is 13.1 Å². The largest absolute Gasteiger partial charge is 0.395 e. The van der Waals surface area contributed by atoms with Crippen LogP contribution in [0.1, 0.15) is 12.0 Å². The Labute approximate surface area is 108 Å². The molecule has 1 fully saturated rings. The van der Waals surface area contributed by atoms with Crippen molar-refractivity contribution in [2.24, 2.45) is 0 Å². The molecule has 98 valence electrons. The molecule has 0 aromatic heterocycles. The Kier molecular flexibility index (Phi) is 4.33. The number of carbonyl (C=O) groups excluding carboxylic acids is 1. The minimum Gasteiger partial charge on any atom is -0.395 e. The number of nitrogens with zero attached hydrogens (tertiary/aromatic N) is 2. The first-order valence-corrected chi connectivity index (χ1v) is 6.36. The predicted molar refractivity (Wildman–Crippen MR) is 70.0 cm³/mol. The van der Waals surface area contributed by atoms with Crippen LogP contribution in [0.3, 0.4) is 0 Å². The van der Waals surface area contributed by atoms with Gasteiger partial charge >= 0.3 is 0 Å². The second kappa shape index (κ2) is 5.98. The smallest absolute Gasteiger partial charge is 0.239 e. The van der Waals surface area contributed by atoms with E-state index in [1.54, 1.807) is 4.90 Å². The van der Waals surface area contributed by atoms with Gasteiger partial charge in [-0.15, -0.1) is 0 Å². The molecule has 1 N–H and O–H groups in total. The highest BCUT2D eigenvalue weighted by molar-refractivity contribution is 5.83.